The SMILES string of the molecule is C=C(C)C(=O)OCC(COC(=O)CCCCCCC/C=C/CC(CCCCCC)OC(=O)C(=C)C)OC(=O)C(=C)C. The Bertz CT molecular complexity index is 886. The monoisotopic (exact) mass is 576 g/mol. The molecule has 8 nitrogen and oxygen atoms in total. The molecule has 2 atom stereocenters. The second kappa shape index (κ2) is 23.5. The van der Waals surface area contributed by atoms with Crippen molar-refractivity contribution in [3.8, 4) is 0 Å². The number of carbonyl (C=O) groups is 4. The van der Waals surface area contributed by atoms with E-state index < -0.39 is 24.0 Å². The summed E-state index contributed by atoms with van der Waals surface area (Å²) in [7, 11) is 0. The zero-order valence-corrected chi connectivity index (χ0v) is 25.8. The molecule has 0 spiro atoms. The highest BCUT2D eigenvalue weighted by molar-refractivity contribution is 5.88. The highest BCUT2D eigenvalue weighted by atomic mass is 16.6. The first-order valence-electron chi connectivity index (χ1n) is 14.8. The van der Waals surface area contributed by atoms with E-state index in [4.69, 9.17) is 18.9 Å². The van der Waals surface area contributed by atoms with Gasteiger partial charge in [0.05, 0.1) is 0 Å². The largest absolute Gasteiger partial charge is 0.462 e. The second-order valence-electron chi connectivity index (χ2n) is 10.5. The molecule has 0 aromatic rings. The first-order valence-corrected chi connectivity index (χ1v) is 14.8. The van der Waals surface area contributed by atoms with Crippen molar-refractivity contribution in [3.05, 3.63) is 48.6 Å². The molecule has 0 rings (SSSR count). The smallest absolute Gasteiger partial charge is 0.333 e. The first kappa shape index (κ1) is 37.8. The minimum Gasteiger partial charge on any atom is -0.462 e. The van der Waals surface area contributed by atoms with Crippen LogP contribution in [0.25, 0.3) is 0 Å². The molecule has 0 fully saturated rings. The molecular formula is C33H52O8. The third-order valence-electron chi connectivity index (χ3n) is 6.12. The maximum atomic E-state index is 12.1. The van der Waals surface area contributed by atoms with Crippen LogP contribution in [0.3, 0.4) is 0 Å². The summed E-state index contributed by atoms with van der Waals surface area (Å²) in [6.07, 6.45) is 15.3. The number of carbonyl (C=O) groups excluding carboxylic acids is 4. The molecular weight excluding hydrogens is 524 g/mol. The fourth-order valence-corrected chi connectivity index (χ4v) is 3.62. The average Bonchev–Trinajstić information content (AvgIpc) is 2.92. The standard InChI is InChI=1S/C33H52O8/c1-8-9-10-17-20-28(40-32(36)26(4)5)21-18-15-13-11-12-14-16-19-22-30(34)38-23-29(41-33(37)27(6)7)24-39-31(35)25(2)3/h15,18,28-29H,2,4,6,8-14,16-17,19-24H2,1,3,5,7H3/b18-15+. The van der Waals surface area contributed by atoms with Gasteiger partial charge in [-0.2, -0.15) is 0 Å². The van der Waals surface area contributed by atoms with Crippen molar-refractivity contribution in [2.75, 3.05) is 13.2 Å². The lowest BCUT2D eigenvalue weighted by molar-refractivity contribution is -0.163. The molecule has 0 saturated carbocycles. The van der Waals surface area contributed by atoms with Crippen molar-refractivity contribution in [2.24, 2.45) is 0 Å². The Kier molecular flexibility index (Phi) is 21.7. The van der Waals surface area contributed by atoms with Gasteiger partial charge in [-0.15, -0.1) is 0 Å². The van der Waals surface area contributed by atoms with Gasteiger partial charge in [-0.25, -0.2) is 14.4 Å². The number of unbranched alkanes of at least 4 members (excludes halogenated alkanes) is 8. The first-order chi connectivity index (χ1) is 19.5. The minimum atomic E-state index is -0.922. The van der Waals surface area contributed by atoms with Crippen LogP contribution in [-0.4, -0.2) is 49.3 Å². The van der Waals surface area contributed by atoms with Crippen LogP contribution in [0.2, 0.25) is 0 Å². The molecule has 2 unspecified atom stereocenters. The van der Waals surface area contributed by atoms with E-state index in [1.54, 1.807) is 6.92 Å². The number of hydrogen-bond donors (Lipinski definition) is 0. The van der Waals surface area contributed by atoms with Gasteiger partial charge in [0.1, 0.15) is 19.3 Å². The third kappa shape index (κ3) is 21.3. The van der Waals surface area contributed by atoms with Crippen molar-refractivity contribution in [1.29, 1.82) is 0 Å². The molecule has 0 aromatic heterocycles. The Hall–Kier alpha value is -3.16. The summed E-state index contributed by atoms with van der Waals surface area (Å²) >= 11 is 0. The van der Waals surface area contributed by atoms with E-state index in [2.05, 4.69) is 38.8 Å². The Morgan fingerprint density at radius 2 is 1.17 bits per heavy atom. The van der Waals surface area contributed by atoms with Crippen molar-refractivity contribution in [2.45, 2.75) is 123 Å². The molecule has 0 amide bonds. The van der Waals surface area contributed by atoms with E-state index >= 15 is 0 Å². The predicted octanol–water partition coefficient (Wildman–Crippen LogP) is 7.27. The fourth-order valence-electron chi connectivity index (χ4n) is 3.62. The lowest BCUT2D eigenvalue weighted by Gasteiger charge is -2.18. The normalized spacial score (nSPS) is 12.3. The molecule has 0 aliphatic heterocycles. The van der Waals surface area contributed by atoms with Crippen LogP contribution in [-0.2, 0) is 38.1 Å². The zero-order chi connectivity index (χ0) is 31.0. The highest BCUT2D eigenvalue weighted by Gasteiger charge is 2.20. The molecule has 41 heavy (non-hydrogen) atoms. The van der Waals surface area contributed by atoms with Gasteiger partial charge in [-0.05, 0) is 52.9 Å². The summed E-state index contributed by atoms with van der Waals surface area (Å²) in [5.74, 6) is -1.99. The van der Waals surface area contributed by atoms with E-state index in [9.17, 15) is 19.2 Å². The molecule has 0 bridgehead atoms. The summed E-state index contributed by atoms with van der Waals surface area (Å²) in [6.45, 7) is 17.1. The average molecular weight is 577 g/mol. The Balaban J connectivity index is 4.21. The van der Waals surface area contributed by atoms with Crippen LogP contribution >= 0.6 is 0 Å². The molecule has 0 aromatic carbocycles. The predicted molar refractivity (Wildman–Crippen MR) is 161 cm³/mol. The maximum absolute atomic E-state index is 12.1. The Labute approximate surface area is 247 Å². The quantitative estimate of drug-likeness (QED) is 0.0388. The number of ether oxygens (including phenoxy) is 4. The molecule has 8 heteroatoms. The maximum Gasteiger partial charge on any atom is 0.333 e. The molecule has 0 radical (unpaired) electrons. The lowest BCUT2D eigenvalue weighted by atomic mass is 10.1. The van der Waals surface area contributed by atoms with Gasteiger partial charge in [0.15, 0.2) is 6.10 Å². The van der Waals surface area contributed by atoms with E-state index in [0.717, 1.165) is 57.8 Å². The zero-order valence-electron chi connectivity index (χ0n) is 25.8. The number of hydrogen-bond acceptors (Lipinski definition) is 8. The van der Waals surface area contributed by atoms with Crippen LogP contribution in [0.4, 0.5) is 0 Å². The van der Waals surface area contributed by atoms with Crippen molar-refractivity contribution < 1.29 is 38.1 Å². The number of rotatable bonds is 24. The van der Waals surface area contributed by atoms with Crippen molar-refractivity contribution in [1.82, 2.24) is 0 Å². The van der Waals surface area contributed by atoms with Crippen LogP contribution in [0.5, 0.6) is 0 Å². The van der Waals surface area contributed by atoms with Gasteiger partial charge in [0.25, 0.3) is 0 Å². The van der Waals surface area contributed by atoms with Crippen LogP contribution in [0, 0.1) is 0 Å². The Morgan fingerprint density at radius 3 is 1.78 bits per heavy atom. The van der Waals surface area contributed by atoms with E-state index in [1.807, 2.05) is 0 Å². The second-order valence-corrected chi connectivity index (χ2v) is 10.5. The van der Waals surface area contributed by atoms with Gasteiger partial charge in [-0.1, -0.05) is 77.3 Å². The van der Waals surface area contributed by atoms with Crippen LogP contribution in [0.15, 0.2) is 48.6 Å². The van der Waals surface area contributed by atoms with Crippen LogP contribution in [0.1, 0.15) is 111 Å². The summed E-state index contributed by atoms with van der Waals surface area (Å²) < 4.78 is 21.1. The minimum absolute atomic E-state index is 0.105. The molecule has 0 aliphatic rings. The summed E-state index contributed by atoms with van der Waals surface area (Å²) in [5, 5.41) is 0. The van der Waals surface area contributed by atoms with E-state index in [0.29, 0.717) is 12.0 Å². The topological polar surface area (TPSA) is 105 Å². The third-order valence-corrected chi connectivity index (χ3v) is 6.12. The molecule has 0 heterocycles. The van der Waals surface area contributed by atoms with Gasteiger partial charge in [0.2, 0.25) is 0 Å². The summed E-state index contributed by atoms with van der Waals surface area (Å²) in [5.41, 5.74) is 0.830. The van der Waals surface area contributed by atoms with Crippen molar-refractivity contribution >= 4 is 23.9 Å². The molecule has 0 saturated heterocycles. The lowest BCUT2D eigenvalue weighted by Crippen LogP contribution is -2.31. The summed E-state index contributed by atoms with van der Waals surface area (Å²) in [6, 6.07) is 0. The van der Waals surface area contributed by atoms with Gasteiger partial charge in [-0.3, -0.25) is 4.79 Å². The Morgan fingerprint density at radius 1 is 0.634 bits per heavy atom. The number of esters is 4. The van der Waals surface area contributed by atoms with Crippen LogP contribution < -0.4 is 0 Å². The molecule has 0 aliphatic carbocycles. The van der Waals surface area contributed by atoms with Gasteiger partial charge < -0.3 is 18.9 Å². The van der Waals surface area contributed by atoms with E-state index in [-0.39, 0.29) is 42.9 Å². The molecule has 0 N–H and O–H groups in total. The van der Waals surface area contributed by atoms with Gasteiger partial charge >= 0.3 is 23.9 Å². The van der Waals surface area contributed by atoms with E-state index in [1.165, 1.54) is 26.7 Å². The summed E-state index contributed by atoms with van der Waals surface area (Å²) in [4.78, 5) is 47.5. The van der Waals surface area contributed by atoms with Gasteiger partial charge in [0, 0.05) is 29.6 Å². The highest BCUT2D eigenvalue weighted by Crippen LogP contribution is 2.15. The fraction of sp³-hybridized carbons (Fsp3) is 0.636. The number of allylic oxidation sites excluding steroid dienone is 1. The van der Waals surface area contributed by atoms with Crippen molar-refractivity contribution in [3.63, 3.8) is 0 Å². The molecule has 232 valence electrons.